The van der Waals surface area contributed by atoms with Crippen molar-refractivity contribution in [3.8, 4) is 0 Å². The van der Waals surface area contributed by atoms with E-state index in [-0.39, 0.29) is 5.97 Å². The SMILES string of the molecule is CNCCC=Cc1ccc(C(=O)OC(C)(C)C)cc1. The second kappa shape index (κ2) is 7.10. The molecule has 0 fully saturated rings. The van der Waals surface area contributed by atoms with Crippen molar-refractivity contribution in [3.63, 3.8) is 0 Å². The van der Waals surface area contributed by atoms with E-state index in [9.17, 15) is 4.79 Å². The van der Waals surface area contributed by atoms with E-state index >= 15 is 0 Å². The fourth-order valence-electron chi connectivity index (χ4n) is 1.51. The first-order valence-corrected chi connectivity index (χ1v) is 6.57. The molecule has 1 N–H and O–H groups in total. The normalized spacial score (nSPS) is 11.8. The Bertz CT molecular complexity index is 427. The summed E-state index contributed by atoms with van der Waals surface area (Å²) in [6, 6.07) is 7.45. The van der Waals surface area contributed by atoms with Gasteiger partial charge in [-0.3, -0.25) is 0 Å². The van der Waals surface area contributed by atoms with Gasteiger partial charge in [0.1, 0.15) is 5.60 Å². The van der Waals surface area contributed by atoms with E-state index in [2.05, 4.69) is 17.5 Å². The summed E-state index contributed by atoms with van der Waals surface area (Å²) in [7, 11) is 1.93. The average Bonchev–Trinajstić information content (AvgIpc) is 2.33. The van der Waals surface area contributed by atoms with Crippen LogP contribution in [-0.2, 0) is 4.74 Å². The van der Waals surface area contributed by atoms with Gasteiger partial charge in [-0.05, 0) is 58.5 Å². The van der Waals surface area contributed by atoms with Gasteiger partial charge in [0.15, 0.2) is 0 Å². The van der Waals surface area contributed by atoms with Crippen LogP contribution in [0.2, 0.25) is 0 Å². The van der Waals surface area contributed by atoms with Crippen molar-refractivity contribution < 1.29 is 9.53 Å². The first-order chi connectivity index (χ1) is 8.92. The van der Waals surface area contributed by atoms with Crippen LogP contribution in [0.3, 0.4) is 0 Å². The molecular weight excluding hydrogens is 238 g/mol. The number of esters is 1. The number of nitrogens with one attached hydrogen (secondary N) is 1. The molecule has 0 amide bonds. The first-order valence-electron chi connectivity index (χ1n) is 6.57. The van der Waals surface area contributed by atoms with Crippen molar-refractivity contribution in [3.05, 3.63) is 41.5 Å². The molecule has 1 aromatic rings. The summed E-state index contributed by atoms with van der Waals surface area (Å²) >= 11 is 0. The molecule has 1 rings (SSSR count). The van der Waals surface area contributed by atoms with Gasteiger partial charge in [0.05, 0.1) is 5.56 Å². The van der Waals surface area contributed by atoms with Crippen LogP contribution in [-0.4, -0.2) is 25.2 Å². The van der Waals surface area contributed by atoms with Gasteiger partial charge in [0.25, 0.3) is 0 Å². The third-order valence-corrected chi connectivity index (χ3v) is 2.42. The van der Waals surface area contributed by atoms with E-state index in [1.165, 1.54) is 0 Å². The lowest BCUT2D eigenvalue weighted by molar-refractivity contribution is 0.00695. The number of carbonyl (C=O) groups is 1. The first kappa shape index (κ1) is 15.4. The molecule has 104 valence electrons. The van der Waals surface area contributed by atoms with Crippen LogP contribution in [0.4, 0.5) is 0 Å². The molecule has 0 bridgehead atoms. The largest absolute Gasteiger partial charge is 0.456 e. The van der Waals surface area contributed by atoms with Crippen molar-refractivity contribution >= 4 is 12.0 Å². The molecule has 0 unspecified atom stereocenters. The smallest absolute Gasteiger partial charge is 0.338 e. The van der Waals surface area contributed by atoms with Gasteiger partial charge in [-0.25, -0.2) is 4.79 Å². The topological polar surface area (TPSA) is 38.3 Å². The zero-order valence-electron chi connectivity index (χ0n) is 12.2. The lowest BCUT2D eigenvalue weighted by atomic mass is 10.1. The van der Waals surface area contributed by atoms with Gasteiger partial charge in [-0.2, -0.15) is 0 Å². The number of hydrogen-bond donors (Lipinski definition) is 1. The van der Waals surface area contributed by atoms with Gasteiger partial charge >= 0.3 is 5.97 Å². The lowest BCUT2D eigenvalue weighted by Crippen LogP contribution is -2.23. The van der Waals surface area contributed by atoms with E-state index in [0.29, 0.717) is 5.56 Å². The monoisotopic (exact) mass is 261 g/mol. The molecular formula is C16H23NO2. The van der Waals surface area contributed by atoms with Crippen molar-refractivity contribution in [1.82, 2.24) is 5.32 Å². The Morgan fingerprint density at radius 1 is 1.26 bits per heavy atom. The molecule has 1 aromatic carbocycles. The van der Waals surface area contributed by atoms with Gasteiger partial charge in [0.2, 0.25) is 0 Å². The van der Waals surface area contributed by atoms with E-state index in [1.807, 2.05) is 40.0 Å². The summed E-state index contributed by atoms with van der Waals surface area (Å²) in [5, 5.41) is 3.09. The van der Waals surface area contributed by atoms with Crippen LogP contribution in [0.25, 0.3) is 6.08 Å². The van der Waals surface area contributed by atoms with Crippen LogP contribution >= 0.6 is 0 Å². The fourth-order valence-corrected chi connectivity index (χ4v) is 1.51. The Balaban J connectivity index is 2.61. The summed E-state index contributed by atoms with van der Waals surface area (Å²) in [6.07, 6.45) is 5.15. The highest BCUT2D eigenvalue weighted by Gasteiger charge is 2.17. The van der Waals surface area contributed by atoms with E-state index in [4.69, 9.17) is 4.74 Å². The number of benzene rings is 1. The quantitative estimate of drug-likeness (QED) is 0.653. The van der Waals surface area contributed by atoms with Crippen LogP contribution in [0.1, 0.15) is 43.1 Å². The Labute approximate surface area is 115 Å². The highest BCUT2D eigenvalue weighted by Crippen LogP contribution is 2.13. The summed E-state index contributed by atoms with van der Waals surface area (Å²) in [6.45, 7) is 6.56. The molecule has 0 saturated carbocycles. The predicted molar refractivity (Wildman–Crippen MR) is 79.2 cm³/mol. The van der Waals surface area contributed by atoms with Crippen LogP contribution in [0.15, 0.2) is 30.3 Å². The van der Waals surface area contributed by atoms with Gasteiger partial charge < -0.3 is 10.1 Å². The van der Waals surface area contributed by atoms with Gasteiger partial charge in [-0.1, -0.05) is 24.3 Å². The second-order valence-electron chi connectivity index (χ2n) is 5.42. The van der Waals surface area contributed by atoms with Crippen LogP contribution < -0.4 is 5.32 Å². The van der Waals surface area contributed by atoms with E-state index < -0.39 is 5.60 Å². The molecule has 0 spiro atoms. The Kier molecular flexibility index (Phi) is 5.77. The fraction of sp³-hybridized carbons (Fsp3) is 0.438. The third kappa shape index (κ3) is 6.20. The summed E-state index contributed by atoms with van der Waals surface area (Å²) in [5.74, 6) is -0.279. The maximum Gasteiger partial charge on any atom is 0.338 e. The number of hydrogen-bond acceptors (Lipinski definition) is 3. The van der Waals surface area contributed by atoms with Crippen molar-refractivity contribution in [2.24, 2.45) is 0 Å². The molecule has 0 atom stereocenters. The second-order valence-corrected chi connectivity index (χ2v) is 5.42. The summed E-state index contributed by atoms with van der Waals surface area (Å²) < 4.78 is 5.31. The minimum atomic E-state index is -0.456. The minimum absolute atomic E-state index is 0.279. The molecule has 3 heteroatoms. The lowest BCUT2D eigenvalue weighted by Gasteiger charge is -2.19. The molecule has 0 aliphatic carbocycles. The average molecular weight is 261 g/mol. The van der Waals surface area contributed by atoms with Gasteiger partial charge in [-0.15, -0.1) is 0 Å². The van der Waals surface area contributed by atoms with Crippen molar-refractivity contribution in [2.75, 3.05) is 13.6 Å². The molecule has 0 saturated heterocycles. The predicted octanol–water partition coefficient (Wildman–Crippen LogP) is 3.26. The highest BCUT2D eigenvalue weighted by atomic mass is 16.6. The molecule has 0 heterocycles. The van der Waals surface area contributed by atoms with Gasteiger partial charge in [0, 0.05) is 0 Å². The molecule has 0 aromatic heterocycles. The summed E-state index contributed by atoms with van der Waals surface area (Å²) in [5.41, 5.74) is 1.22. The Hall–Kier alpha value is -1.61. The molecule has 3 nitrogen and oxygen atoms in total. The standard InChI is InChI=1S/C16H23NO2/c1-16(2,3)19-15(18)14-10-8-13(9-11-14)7-5-6-12-17-4/h5,7-11,17H,6,12H2,1-4H3. The summed E-state index contributed by atoms with van der Waals surface area (Å²) in [4.78, 5) is 11.8. The van der Waals surface area contributed by atoms with E-state index in [0.717, 1.165) is 18.5 Å². The van der Waals surface area contributed by atoms with Crippen molar-refractivity contribution in [1.29, 1.82) is 0 Å². The molecule has 0 aliphatic heterocycles. The molecule has 0 aliphatic rings. The molecule has 19 heavy (non-hydrogen) atoms. The maximum absolute atomic E-state index is 11.8. The van der Waals surface area contributed by atoms with Crippen molar-refractivity contribution in [2.45, 2.75) is 32.8 Å². The van der Waals surface area contributed by atoms with Crippen LogP contribution in [0.5, 0.6) is 0 Å². The number of ether oxygens (including phenoxy) is 1. The van der Waals surface area contributed by atoms with E-state index in [1.54, 1.807) is 12.1 Å². The zero-order valence-corrected chi connectivity index (χ0v) is 12.2. The Morgan fingerprint density at radius 3 is 2.42 bits per heavy atom. The minimum Gasteiger partial charge on any atom is -0.456 e. The number of rotatable bonds is 5. The van der Waals surface area contributed by atoms with Crippen LogP contribution in [0, 0.1) is 0 Å². The highest BCUT2D eigenvalue weighted by molar-refractivity contribution is 5.89. The zero-order chi connectivity index (χ0) is 14.3. The maximum atomic E-state index is 11.8. The number of carbonyl (C=O) groups excluding carboxylic acids is 1. The Morgan fingerprint density at radius 2 is 1.89 bits per heavy atom. The molecule has 0 radical (unpaired) electrons. The third-order valence-electron chi connectivity index (χ3n) is 2.42.